The number of hydrogen-bond acceptors (Lipinski definition) is 7. The summed E-state index contributed by atoms with van der Waals surface area (Å²) < 4.78 is 21.7. The summed E-state index contributed by atoms with van der Waals surface area (Å²) in [7, 11) is 1.52. The molecule has 0 aliphatic heterocycles. The second kappa shape index (κ2) is 8.35. The summed E-state index contributed by atoms with van der Waals surface area (Å²) in [5, 5.41) is 7.86. The van der Waals surface area contributed by atoms with Gasteiger partial charge >= 0.3 is 5.97 Å². The van der Waals surface area contributed by atoms with Crippen molar-refractivity contribution < 1.29 is 23.4 Å². The summed E-state index contributed by atoms with van der Waals surface area (Å²) >= 11 is 0. The molecule has 0 bridgehead atoms. The minimum Gasteiger partial charge on any atom is -0.493 e. The molecule has 0 saturated carbocycles. The Labute approximate surface area is 156 Å². The van der Waals surface area contributed by atoms with Crippen LogP contribution in [0.15, 0.2) is 52.9 Å². The molecule has 0 aliphatic rings. The Morgan fingerprint density at radius 2 is 1.85 bits per heavy atom. The van der Waals surface area contributed by atoms with Gasteiger partial charge in [0.2, 0.25) is 5.89 Å². The van der Waals surface area contributed by atoms with E-state index in [1.54, 1.807) is 18.2 Å². The second-order valence-corrected chi connectivity index (χ2v) is 5.98. The van der Waals surface area contributed by atoms with Crippen molar-refractivity contribution in [1.82, 2.24) is 10.2 Å². The van der Waals surface area contributed by atoms with E-state index >= 15 is 0 Å². The number of nitrogens with zero attached hydrogens (tertiary/aromatic N) is 2. The molecule has 0 atom stereocenters. The van der Waals surface area contributed by atoms with Crippen LogP contribution in [0.3, 0.4) is 0 Å². The maximum atomic E-state index is 12.3. The molecule has 3 rings (SSSR count). The lowest BCUT2D eigenvalue weighted by molar-refractivity contribution is 0.0438. The first-order chi connectivity index (χ1) is 13.1. The summed E-state index contributed by atoms with van der Waals surface area (Å²) in [5.41, 5.74) is 1.14. The Hall–Kier alpha value is -3.35. The highest BCUT2D eigenvalue weighted by molar-refractivity contribution is 5.90. The van der Waals surface area contributed by atoms with Crippen LogP contribution in [0.4, 0.5) is 0 Å². The molecule has 0 N–H and O–H groups in total. The molecule has 140 valence electrons. The van der Waals surface area contributed by atoms with Crippen LogP contribution in [0.25, 0.3) is 11.5 Å². The van der Waals surface area contributed by atoms with Crippen LogP contribution in [0.5, 0.6) is 11.5 Å². The van der Waals surface area contributed by atoms with Crippen LogP contribution in [-0.4, -0.2) is 29.4 Å². The number of rotatable bonds is 7. The molecule has 1 aromatic heterocycles. The van der Waals surface area contributed by atoms with Gasteiger partial charge in [0.25, 0.3) is 5.89 Å². The summed E-state index contributed by atoms with van der Waals surface area (Å²) in [6.45, 7) is 3.71. The van der Waals surface area contributed by atoms with Crippen LogP contribution >= 0.6 is 0 Å². The summed E-state index contributed by atoms with van der Waals surface area (Å²) in [4.78, 5) is 12.3. The van der Waals surface area contributed by atoms with E-state index in [1.165, 1.54) is 7.11 Å². The fraction of sp³-hybridized carbons (Fsp3) is 0.250. The zero-order valence-electron chi connectivity index (χ0n) is 15.3. The molecule has 0 saturated heterocycles. The highest BCUT2D eigenvalue weighted by Crippen LogP contribution is 2.29. The van der Waals surface area contributed by atoms with E-state index in [4.69, 9.17) is 18.6 Å². The first-order valence-electron chi connectivity index (χ1n) is 8.46. The Morgan fingerprint density at radius 1 is 1.07 bits per heavy atom. The van der Waals surface area contributed by atoms with Gasteiger partial charge in [0.15, 0.2) is 18.1 Å². The molecular formula is C20H20N2O5. The molecule has 0 fully saturated rings. The van der Waals surface area contributed by atoms with E-state index in [1.807, 2.05) is 44.2 Å². The van der Waals surface area contributed by atoms with E-state index in [0.29, 0.717) is 23.0 Å². The van der Waals surface area contributed by atoms with Crippen molar-refractivity contribution in [2.45, 2.75) is 26.6 Å². The lowest BCUT2D eigenvalue weighted by atomic mass is 10.2. The molecule has 0 aliphatic carbocycles. The number of aromatic nitrogens is 2. The van der Waals surface area contributed by atoms with Crippen molar-refractivity contribution in [3.05, 3.63) is 60.0 Å². The van der Waals surface area contributed by atoms with E-state index in [-0.39, 0.29) is 18.6 Å². The fourth-order valence-corrected chi connectivity index (χ4v) is 2.37. The number of ether oxygens (including phenoxy) is 3. The minimum atomic E-state index is -0.524. The molecular weight excluding hydrogens is 348 g/mol. The van der Waals surface area contributed by atoms with Gasteiger partial charge in [-0.25, -0.2) is 4.79 Å². The zero-order chi connectivity index (χ0) is 19.2. The third-order valence-electron chi connectivity index (χ3n) is 3.58. The van der Waals surface area contributed by atoms with Crippen molar-refractivity contribution in [3.63, 3.8) is 0 Å². The van der Waals surface area contributed by atoms with Crippen molar-refractivity contribution in [1.29, 1.82) is 0 Å². The molecule has 7 nitrogen and oxygen atoms in total. The molecule has 7 heteroatoms. The molecule has 0 radical (unpaired) electrons. The van der Waals surface area contributed by atoms with Crippen LogP contribution in [0.2, 0.25) is 0 Å². The monoisotopic (exact) mass is 368 g/mol. The number of hydrogen-bond donors (Lipinski definition) is 0. The summed E-state index contributed by atoms with van der Waals surface area (Å²) in [6.07, 6.45) is -0.00645. The lowest BCUT2D eigenvalue weighted by Gasteiger charge is -2.14. The highest BCUT2D eigenvalue weighted by Gasteiger charge is 2.15. The summed E-state index contributed by atoms with van der Waals surface area (Å²) in [6, 6.07) is 14.2. The summed E-state index contributed by atoms with van der Waals surface area (Å²) in [5.74, 6) is 1.09. The van der Waals surface area contributed by atoms with Crippen molar-refractivity contribution >= 4 is 5.97 Å². The Kier molecular flexibility index (Phi) is 5.71. The Balaban J connectivity index is 1.65. The third-order valence-corrected chi connectivity index (χ3v) is 3.58. The second-order valence-electron chi connectivity index (χ2n) is 5.98. The van der Waals surface area contributed by atoms with Crippen molar-refractivity contribution in [2.75, 3.05) is 7.11 Å². The van der Waals surface area contributed by atoms with Crippen LogP contribution in [0.1, 0.15) is 30.1 Å². The molecule has 1 heterocycles. The smallest absolute Gasteiger partial charge is 0.338 e. The first-order valence-corrected chi connectivity index (χ1v) is 8.46. The average molecular weight is 368 g/mol. The molecule has 2 aromatic carbocycles. The largest absolute Gasteiger partial charge is 0.493 e. The maximum Gasteiger partial charge on any atom is 0.338 e. The van der Waals surface area contributed by atoms with E-state index in [2.05, 4.69) is 10.2 Å². The topological polar surface area (TPSA) is 83.7 Å². The van der Waals surface area contributed by atoms with Gasteiger partial charge in [0.1, 0.15) is 0 Å². The average Bonchev–Trinajstić information content (AvgIpc) is 3.16. The van der Waals surface area contributed by atoms with Crippen LogP contribution in [-0.2, 0) is 11.3 Å². The molecule has 0 unspecified atom stereocenters. The lowest BCUT2D eigenvalue weighted by Crippen LogP contribution is -2.09. The van der Waals surface area contributed by atoms with E-state index in [0.717, 1.165) is 5.56 Å². The number of carbonyl (C=O) groups excluding carboxylic acids is 1. The van der Waals surface area contributed by atoms with Gasteiger partial charge in [-0.3, -0.25) is 0 Å². The number of methoxy groups -OCH3 is 1. The van der Waals surface area contributed by atoms with Gasteiger partial charge in [-0.1, -0.05) is 18.2 Å². The predicted molar refractivity (Wildman–Crippen MR) is 97.6 cm³/mol. The van der Waals surface area contributed by atoms with Crippen LogP contribution < -0.4 is 9.47 Å². The van der Waals surface area contributed by atoms with Gasteiger partial charge in [-0.2, -0.15) is 0 Å². The van der Waals surface area contributed by atoms with E-state index in [9.17, 15) is 4.79 Å². The molecule has 0 amide bonds. The molecule has 0 spiro atoms. The van der Waals surface area contributed by atoms with Gasteiger partial charge in [0.05, 0.1) is 18.8 Å². The Bertz CT molecular complexity index is 906. The normalized spacial score (nSPS) is 10.7. The Morgan fingerprint density at radius 3 is 2.56 bits per heavy atom. The fourth-order valence-electron chi connectivity index (χ4n) is 2.37. The molecule has 3 aromatic rings. The minimum absolute atomic E-state index is 0.00645. The maximum absolute atomic E-state index is 12.3. The highest BCUT2D eigenvalue weighted by atomic mass is 16.5. The SMILES string of the molecule is COc1cc(C(=O)OCc2nnc(-c3ccccc3)o2)ccc1OC(C)C. The number of esters is 1. The predicted octanol–water partition coefficient (Wildman–Crippen LogP) is 3.89. The van der Waals surface area contributed by atoms with Gasteiger partial charge in [-0.15, -0.1) is 10.2 Å². The first kappa shape index (κ1) is 18.4. The van der Waals surface area contributed by atoms with Gasteiger partial charge in [-0.05, 0) is 44.2 Å². The van der Waals surface area contributed by atoms with Crippen LogP contribution in [0, 0.1) is 0 Å². The number of benzene rings is 2. The van der Waals surface area contributed by atoms with E-state index < -0.39 is 5.97 Å². The van der Waals surface area contributed by atoms with Crippen molar-refractivity contribution in [3.8, 4) is 23.0 Å². The quantitative estimate of drug-likeness (QED) is 0.585. The number of carbonyl (C=O) groups is 1. The molecule has 27 heavy (non-hydrogen) atoms. The standard InChI is InChI=1S/C20H20N2O5/c1-13(2)26-16-10-9-15(11-17(16)24-3)20(23)25-12-18-21-22-19(27-18)14-7-5-4-6-8-14/h4-11,13H,12H2,1-3H3. The van der Waals surface area contributed by atoms with Crippen molar-refractivity contribution in [2.24, 2.45) is 0 Å². The third kappa shape index (κ3) is 4.63. The van der Waals surface area contributed by atoms with Gasteiger partial charge < -0.3 is 18.6 Å². The van der Waals surface area contributed by atoms with Gasteiger partial charge in [0, 0.05) is 5.56 Å². The zero-order valence-corrected chi connectivity index (χ0v) is 15.3.